The summed E-state index contributed by atoms with van der Waals surface area (Å²) in [5.41, 5.74) is 1.70. The number of methoxy groups -OCH3 is 1. The number of carbonyl (C=O) groups is 2. The fourth-order valence-electron chi connectivity index (χ4n) is 2.97. The highest BCUT2D eigenvalue weighted by Crippen LogP contribution is 2.21. The fraction of sp³-hybridized carbons (Fsp3) is 0.455. The van der Waals surface area contributed by atoms with Crippen molar-refractivity contribution in [2.24, 2.45) is 7.05 Å². The first-order valence-electron chi connectivity index (χ1n) is 10.1. The lowest BCUT2D eigenvalue weighted by atomic mass is 10.3. The number of anilines is 1. The van der Waals surface area contributed by atoms with Gasteiger partial charge in [-0.05, 0) is 46.6 Å². The third kappa shape index (κ3) is 7.18. The molecule has 1 aromatic heterocycles. The number of urea groups is 1. The van der Waals surface area contributed by atoms with Gasteiger partial charge in [0.05, 0.1) is 18.8 Å². The summed E-state index contributed by atoms with van der Waals surface area (Å²) in [7, 11) is 3.57. The lowest BCUT2D eigenvalue weighted by Crippen LogP contribution is -2.45. The van der Waals surface area contributed by atoms with Crippen LogP contribution in [0.2, 0.25) is 0 Å². The second-order valence-corrected chi connectivity index (χ2v) is 7.96. The number of hydrogen-bond donors (Lipinski definition) is 1. The van der Waals surface area contributed by atoms with Gasteiger partial charge in [-0.1, -0.05) is 25.5 Å². The Morgan fingerprint density at radius 3 is 2.53 bits per heavy atom. The zero-order valence-corrected chi connectivity index (χ0v) is 19.5. The maximum atomic E-state index is 13.1. The van der Waals surface area contributed by atoms with Gasteiger partial charge in [-0.2, -0.15) is 0 Å². The molecule has 0 bridgehead atoms. The molecule has 0 saturated carbocycles. The number of ether oxygens (including phenoxy) is 1. The van der Waals surface area contributed by atoms with E-state index in [0.717, 1.165) is 23.0 Å². The van der Waals surface area contributed by atoms with E-state index in [9.17, 15) is 9.59 Å². The molecule has 0 aliphatic carbocycles. The van der Waals surface area contributed by atoms with E-state index in [0.29, 0.717) is 31.9 Å². The van der Waals surface area contributed by atoms with Gasteiger partial charge in [0.2, 0.25) is 5.91 Å². The normalized spacial score (nSPS) is 10.7. The molecule has 1 aromatic carbocycles. The fourth-order valence-corrected chi connectivity index (χ4v) is 3.36. The van der Waals surface area contributed by atoms with Gasteiger partial charge < -0.3 is 24.4 Å². The van der Waals surface area contributed by atoms with Crippen LogP contribution >= 0.6 is 15.9 Å². The molecule has 2 rings (SSSR count). The van der Waals surface area contributed by atoms with Crippen molar-refractivity contribution >= 4 is 33.6 Å². The number of amides is 3. The van der Waals surface area contributed by atoms with Crippen molar-refractivity contribution in [3.63, 3.8) is 0 Å². The first kappa shape index (κ1) is 24.0. The predicted molar refractivity (Wildman–Crippen MR) is 122 cm³/mol. The van der Waals surface area contributed by atoms with Crippen LogP contribution in [0.1, 0.15) is 25.5 Å². The Morgan fingerprint density at radius 1 is 1.13 bits per heavy atom. The Morgan fingerprint density at radius 2 is 1.90 bits per heavy atom. The van der Waals surface area contributed by atoms with Crippen LogP contribution < -0.4 is 5.32 Å². The number of aromatic nitrogens is 1. The second-order valence-electron chi connectivity index (χ2n) is 7.10. The number of unbranched alkanes of at least 4 members (excludes halogenated alkanes) is 1. The largest absolute Gasteiger partial charge is 0.383 e. The van der Waals surface area contributed by atoms with Gasteiger partial charge in [0.1, 0.15) is 6.54 Å². The summed E-state index contributed by atoms with van der Waals surface area (Å²) in [5, 5.41) is 2.90. The van der Waals surface area contributed by atoms with Gasteiger partial charge >= 0.3 is 6.03 Å². The summed E-state index contributed by atoms with van der Waals surface area (Å²) < 4.78 is 7.97. The minimum atomic E-state index is -0.283. The highest BCUT2D eigenvalue weighted by Gasteiger charge is 2.22. The molecule has 164 valence electrons. The van der Waals surface area contributed by atoms with Gasteiger partial charge in [0.25, 0.3) is 0 Å². The van der Waals surface area contributed by atoms with Crippen molar-refractivity contribution in [2.75, 3.05) is 38.7 Å². The highest BCUT2D eigenvalue weighted by atomic mass is 79.9. The molecule has 0 aliphatic rings. The Bertz CT molecular complexity index is 824. The van der Waals surface area contributed by atoms with E-state index in [4.69, 9.17) is 4.74 Å². The van der Waals surface area contributed by atoms with Gasteiger partial charge in [0.15, 0.2) is 0 Å². The van der Waals surface area contributed by atoms with E-state index in [1.54, 1.807) is 16.9 Å². The first-order valence-corrected chi connectivity index (χ1v) is 10.9. The number of carbonyl (C=O) groups excluding carboxylic acids is 2. The second kappa shape index (κ2) is 12.4. The number of halogens is 1. The molecular formula is C22H31BrN4O3. The Kier molecular flexibility index (Phi) is 9.89. The lowest BCUT2D eigenvalue weighted by Gasteiger charge is -2.28. The zero-order chi connectivity index (χ0) is 21.9. The summed E-state index contributed by atoms with van der Waals surface area (Å²) in [6.45, 7) is 3.97. The molecule has 7 nitrogen and oxygen atoms in total. The Labute approximate surface area is 187 Å². The summed E-state index contributed by atoms with van der Waals surface area (Å²) in [6.07, 6.45) is 3.71. The van der Waals surface area contributed by atoms with Crippen LogP contribution in [0.5, 0.6) is 0 Å². The molecule has 0 spiro atoms. The predicted octanol–water partition coefficient (Wildman–Crippen LogP) is 4.10. The Balaban J connectivity index is 2.10. The van der Waals surface area contributed by atoms with E-state index in [1.807, 2.05) is 54.2 Å². The van der Waals surface area contributed by atoms with Crippen LogP contribution in [0.3, 0.4) is 0 Å². The van der Waals surface area contributed by atoms with Crippen molar-refractivity contribution in [3.05, 3.63) is 52.8 Å². The number of benzene rings is 1. The number of hydrogen-bond acceptors (Lipinski definition) is 3. The van der Waals surface area contributed by atoms with Gasteiger partial charge in [-0.3, -0.25) is 4.79 Å². The molecule has 0 saturated heterocycles. The maximum Gasteiger partial charge on any atom is 0.322 e. The molecule has 0 atom stereocenters. The monoisotopic (exact) mass is 478 g/mol. The lowest BCUT2D eigenvalue weighted by molar-refractivity contribution is -0.133. The van der Waals surface area contributed by atoms with Crippen molar-refractivity contribution in [1.29, 1.82) is 0 Å². The molecular weight excluding hydrogens is 448 g/mol. The van der Waals surface area contributed by atoms with Gasteiger partial charge in [-0.25, -0.2) is 4.79 Å². The third-order valence-corrected chi connectivity index (χ3v) is 5.52. The molecule has 1 heterocycles. The average molecular weight is 479 g/mol. The number of aryl methyl sites for hydroxylation is 1. The molecule has 8 heteroatoms. The van der Waals surface area contributed by atoms with Crippen LogP contribution in [0.4, 0.5) is 10.5 Å². The number of rotatable bonds is 11. The van der Waals surface area contributed by atoms with E-state index >= 15 is 0 Å². The first-order chi connectivity index (χ1) is 14.5. The molecule has 0 radical (unpaired) electrons. The highest BCUT2D eigenvalue weighted by molar-refractivity contribution is 9.10. The topological polar surface area (TPSA) is 66.8 Å². The van der Waals surface area contributed by atoms with E-state index < -0.39 is 0 Å². The minimum absolute atomic E-state index is 0.0183. The molecule has 30 heavy (non-hydrogen) atoms. The summed E-state index contributed by atoms with van der Waals surface area (Å²) in [4.78, 5) is 29.3. The molecule has 1 N–H and O–H groups in total. The molecule has 0 unspecified atom stereocenters. The smallest absolute Gasteiger partial charge is 0.322 e. The van der Waals surface area contributed by atoms with Crippen LogP contribution in [-0.4, -0.2) is 59.7 Å². The molecule has 3 amide bonds. The van der Waals surface area contributed by atoms with Gasteiger partial charge in [-0.15, -0.1) is 0 Å². The molecule has 0 aliphatic heterocycles. The number of para-hydroxylation sites is 1. The van der Waals surface area contributed by atoms with Gasteiger partial charge in [0, 0.05) is 43.6 Å². The molecule has 0 fully saturated rings. The Hall–Kier alpha value is -2.32. The van der Waals surface area contributed by atoms with E-state index in [2.05, 4.69) is 28.2 Å². The third-order valence-electron chi connectivity index (χ3n) is 4.83. The quantitative estimate of drug-likeness (QED) is 0.528. The van der Waals surface area contributed by atoms with Crippen molar-refractivity contribution < 1.29 is 14.3 Å². The minimum Gasteiger partial charge on any atom is -0.383 e. The zero-order valence-electron chi connectivity index (χ0n) is 17.9. The molecule has 2 aromatic rings. The number of nitrogens with zero attached hydrogens (tertiary/aromatic N) is 3. The summed E-state index contributed by atoms with van der Waals surface area (Å²) in [6, 6.07) is 11.1. The van der Waals surface area contributed by atoms with Crippen LogP contribution in [0, 0.1) is 0 Å². The summed E-state index contributed by atoms with van der Waals surface area (Å²) in [5.74, 6) is -0.105. The van der Waals surface area contributed by atoms with Crippen LogP contribution in [0.25, 0.3) is 0 Å². The summed E-state index contributed by atoms with van der Waals surface area (Å²) >= 11 is 3.44. The average Bonchev–Trinajstić information content (AvgIpc) is 3.14. The number of nitrogens with one attached hydrogen (secondary N) is 1. The standard InChI is InChI=1S/C22H31BrN4O3/c1-4-5-13-27(22(29)24-20-11-7-6-10-19(20)23)17-21(28)26(14-15-30-3)16-18-9-8-12-25(18)2/h6-12H,4-5,13-17H2,1-3H3,(H,24,29). The van der Waals surface area contributed by atoms with Crippen LogP contribution in [0.15, 0.2) is 47.1 Å². The SMILES string of the molecule is CCCCN(CC(=O)N(CCOC)Cc1cccn1C)C(=O)Nc1ccccc1Br. The van der Waals surface area contributed by atoms with E-state index in [1.165, 1.54) is 0 Å². The maximum absolute atomic E-state index is 13.1. The van der Waals surface area contributed by atoms with E-state index in [-0.39, 0.29) is 18.5 Å². The van der Waals surface area contributed by atoms with Crippen molar-refractivity contribution in [2.45, 2.75) is 26.3 Å². The van der Waals surface area contributed by atoms with Crippen molar-refractivity contribution in [3.8, 4) is 0 Å². The van der Waals surface area contributed by atoms with Crippen molar-refractivity contribution in [1.82, 2.24) is 14.4 Å². The van der Waals surface area contributed by atoms with Crippen LogP contribution in [-0.2, 0) is 23.1 Å².